The van der Waals surface area contributed by atoms with Gasteiger partial charge in [0.25, 0.3) is 37.6 Å². The van der Waals surface area contributed by atoms with E-state index >= 15 is 0 Å². The number of ether oxygens (including phenoxy) is 3. The number of fused-ring (bicyclic) bond motifs is 1. The lowest BCUT2D eigenvalue weighted by molar-refractivity contribution is -0.138. The van der Waals surface area contributed by atoms with Gasteiger partial charge in [0.15, 0.2) is 0 Å². The summed E-state index contributed by atoms with van der Waals surface area (Å²) in [6.07, 6.45) is 3.44. The third-order valence-corrected chi connectivity index (χ3v) is 22.1. The molecule has 10 rings (SSSR count). The van der Waals surface area contributed by atoms with Gasteiger partial charge in [-0.05, 0) is 128 Å². The zero-order chi connectivity index (χ0) is 69.1. The molecule has 0 bridgehead atoms. The van der Waals surface area contributed by atoms with E-state index in [0.717, 1.165) is 66.5 Å². The number of nitrogens with zero attached hydrogens (tertiary/aromatic N) is 5. The predicted octanol–water partition coefficient (Wildman–Crippen LogP) is 8.21. The Bertz CT molecular complexity index is 3950. The number of sulfone groups is 1. The molecule has 3 saturated heterocycles. The van der Waals surface area contributed by atoms with Gasteiger partial charge >= 0.3 is 5.51 Å². The van der Waals surface area contributed by atoms with Crippen LogP contribution in [0.25, 0.3) is 5.57 Å². The second kappa shape index (κ2) is 32.1. The quantitative estimate of drug-likeness (QED) is 0.0200. The van der Waals surface area contributed by atoms with Crippen LogP contribution in [0.4, 0.5) is 30.2 Å². The van der Waals surface area contributed by atoms with Crippen LogP contribution in [0.1, 0.15) is 89.0 Å². The molecule has 22 nitrogen and oxygen atoms in total. The van der Waals surface area contributed by atoms with E-state index in [2.05, 4.69) is 56.6 Å². The number of amides is 6. The van der Waals surface area contributed by atoms with Crippen LogP contribution in [0.5, 0.6) is 0 Å². The number of benzene rings is 5. The number of hydrogen-bond acceptors (Lipinski definition) is 19. The number of halogens is 4. The standard InChI is InChI=1S/C68H79ClF3N9O13S3/c1-67(2)25-23-54(46-11-15-49(69)16-12-46)48(42-67)43-78-30-32-79(33-31-78)51-17-13-47(14-18-51)63(84)76-97(90,91)53-19-20-56(59(41-53)96(88,89)68(70,71)72)74-50(45-95-52-7-4-3-5-8-52)24-27-77-28-34-80(35-29-77)61(83)44-94-40-39-93-38-37-92-36-26-73-57-10-6-9-55-62(57)66(87)81(65(55)86)58-21-22-60(82)75-64(58)85/h3-20,41,50,58,73-74H,21-40,42-45H2,1-2H3,(H,76,84)(H,75,82,85)/t50-,58-/m1/s1. The molecule has 5 aromatic carbocycles. The first-order valence-electron chi connectivity index (χ1n) is 32.2. The molecule has 5 aromatic rings. The molecule has 520 valence electrons. The molecule has 6 amide bonds. The molecule has 4 N–H and O–H groups in total. The third kappa shape index (κ3) is 18.5. The zero-order valence-electron chi connectivity index (χ0n) is 53.9. The van der Waals surface area contributed by atoms with Crippen LogP contribution in [0, 0.1) is 5.41 Å². The number of alkyl halides is 3. The minimum absolute atomic E-state index is 0.0136. The highest BCUT2D eigenvalue weighted by Crippen LogP contribution is 2.43. The first kappa shape index (κ1) is 72.3. The maximum Gasteiger partial charge on any atom is 0.501 e. The van der Waals surface area contributed by atoms with Crippen LogP contribution in [0.2, 0.25) is 5.02 Å². The Morgan fingerprint density at radius 1 is 0.753 bits per heavy atom. The second-order valence-corrected chi connectivity index (χ2v) is 30.3. The summed E-state index contributed by atoms with van der Waals surface area (Å²) in [5.74, 6) is -3.42. The van der Waals surface area contributed by atoms with Crippen molar-refractivity contribution in [1.82, 2.24) is 29.6 Å². The summed E-state index contributed by atoms with van der Waals surface area (Å²) in [7, 11) is -11.1. The smallest absolute Gasteiger partial charge is 0.382 e. The number of hydrogen-bond donors (Lipinski definition) is 4. The van der Waals surface area contributed by atoms with Gasteiger partial charge in [0, 0.05) is 117 Å². The van der Waals surface area contributed by atoms with E-state index in [1.54, 1.807) is 29.2 Å². The summed E-state index contributed by atoms with van der Waals surface area (Å²) in [5.41, 5.74) is -0.642. The number of sulfonamides is 1. The number of carbonyl (C=O) groups excluding carboxylic acids is 6. The van der Waals surface area contributed by atoms with Crippen LogP contribution < -0.4 is 25.6 Å². The van der Waals surface area contributed by atoms with Gasteiger partial charge in [0.1, 0.15) is 17.5 Å². The average molecular weight is 1420 g/mol. The zero-order valence-corrected chi connectivity index (χ0v) is 57.1. The number of thioether (sulfide) groups is 1. The Balaban J connectivity index is 0.666. The lowest BCUT2D eigenvalue weighted by Crippen LogP contribution is -2.54. The molecule has 0 aromatic heterocycles. The topological polar surface area (TPSA) is 263 Å². The van der Waals surface area contributed by atoms with Crippen molar-refractivity contribution in [2.24, 2.45) is 5.41 Å². The average Bonchev–Trinajstić information content (AvgIpc) is 1.75. The molecule has 0 radical (unpaired) electrons. The third-order valence-electron chi connectivity index (χ3n) is 17.8. The van der Waals surface area contributed by atoms with Crippen molar-refractivity contribution in [3.05, 3.63) is 148 Å². The summed E-state index contributed by atoms with van der Waals surface area (Å²) in [4.78, 5) is 85.1. The van der Waals surface area contributed by atoms with Crippen molar-refractivity contribution in [3.8, 4) is 0 Å². The fraction of sp³-hybridized carbons (Fsp3) is 0.441. The highest BCUT2D eigenvalue weighted by atomic mass is 35.5. The molecular weight excluding hydrogens is 1340 g/mol. The van der Waals surface area contributed by atoms with Gasteiger partial charge in [-0.1, -0.05) is 67.4 Å². The molecule has 29 heteroatoms. The maximum atomic E-state index is 14.5. The normalized spacial score (nSPS) is 18.5. The Kier molecular flexibility index (Phi) is 23.9. The Morgan fingerprint density at radius 2 is 1.43 bits per heavy atom. The minimum atomic E-state index is -6.17. The number of rotatable bonds is 29. The highest BCUT2D eigenvalue weighted by molar-refractivity contribution is 7.99. The highest BCUT2D eigenvalue weighted by Gasteiger charge is 2.49. The van der Waals surface area contributed by atoms with Gasteiger partial charge in [0.05, 0.1) is 54.7 Å². The molecule has 97 heavy (non-hydrogen) atoms. The maximum absolute atomic E-state index is 14.5. The number of nitrogens with one attached hydrogen (secondary N) is 4. The lowest BCUT2D eigenvalue weighted by atomic mass is 9.73. The first-order chi connectivity index (χ1) is 46.3. The van der Waals surface area contributed by atoms with E-state index < -0.39 is 82.5 Å². The van der Waals surface area contributed by atoms with Crippen LogP contribution in [0.3, 0.4) is 0 Å². The molecule has 5 aliphatic rings. The molecule has 4 aliphatic heterocycles. The van der Waals surface area contributed by atoms with Gasteiger partial charge in [0.2, 0.25) is 17.7 Å². The van der Waals surface area contributed by atoms with Crippen molar-refractivity contribution in [3.63, 3.8) is 0 Å². The van der Waals surface area contributed by atoms with Gasteiger partial charge in [-0.15, -0.1) is 11.8 Å². The summed E-state index contributed by atoms with van der Waals surface area (Å²) < 4.78 is 117. The SMILES string of the molecule is CC1(C)CCC(c2ccc(Cl)cc2)=C(CN2CCN(c3ccc(C(=O)NS(=O)(=O)c4ccc(N[C@H](CCN5CCN(C(=O)COCCOCCOCCNc6cccc7c6C(=O)N([C@@H]6CCC(=O)NC6=O)C7=O)CC5)CSc5ccccc5)c(S(=O)(=O)C(F)(F)F)c4)cc3)CC2)C1. The Labute approximate surface area is 571 Å². The number of carbonyl (C=O) groups is 6. The molecule has 1 aliphatic carbocycles. The number of piperidine rings is 1. The molecular formula is C68H79ClF3N9O13S3. The molecule has 0 unspecified atom stereocenters. The van der Waals surface area contributed by atoms with E-state index in [0.29, 0.717) is 69.0 Å². The van der Waals surface area contributed by atoms with E-state index in [9.17, 15) is 58.8 Å². The van der Waals surface area contributed by atoms with Crippen LogP contribution >= 0.6 is 23.4 Å². The number of piperazine rings is 2. The summed E-state index contributed by atoms with van der Waals surface area (Å²) in [5, 5.41) is 8.98. The Morgan fingerprint density at radius 3 is 2.12 bits per heavy atom. The van der Waals surface area contributed by atoms with Crippen molar-refractivity contribution in [2.75, 3.05) is 133 Å². The van der Waals surface area contributed by atoms with Crippen LogP contribution in [-0.4, -0.2) is 207 Å². The van der Waals surface area contributed by atoms with Crippen molar-refractivity contribution < 1.29 is 73.0 Å². The van der Waals surface area contributed by atoms with Crippen LogP contribution in [-0.2, 0) is 48.5 Å². The summed E-state index contributed by atoms with van der Waals surface area (Å²) in [6, 6.07) is 28.9. The van der Waals surface area contributed by atoms with Crippen LogP contribution in [0.15, 0.2) is 136 Å². The second-order valence-electron chi connectivity index (χ2n) is 25.1. The first-order valence-corrected chi connectivity index (χ1v) is 36.5. The molecule has 4 heterocycles. The number of anilines is 3. The van der Waals surface area contributed by atoms with E-state index in [1.807, 2.05) is 47.2 Å². The molecule has 3 fully saturated rings. The molecule has 0 saturated carbocycles. The Hall–Kier alpha value is -7.41. The molecule has 2 atom stereocenters. The summed E-state index contributed by atoms with van der Waals surface area (Å²) in [6.45, 7) is 11.6. The number of imide groups is 2. The van der Waals surface area contributed by atoms with Gasteiger partial charge in [-0.25, -0.2) is 21.6 Å². The fourth-order valence-electron chi connectivity index (χ4n) is 12.5. The van der Waals surface area contributed by atoms with E-state index in [4.69, 9.17) is 25.8 Å². The number of allylic oxidation sites excluding steroid dienone is 1. The van der Waals surface area contributed by atoms with E-state index in [1.165, 1.54) is 46.7 Å². The largest absolute Gasteiger partial charge is 0.501 e. The fourth-order valence-corrected chi connectivity index (χ4v) is 15.6. The van der Waals surface area contributed by atoms with Gasteiger partial charge in [-0.3, -0.25) is 48.8 Å². The monoisotopic (exact) mass is 1420 g/mol. The molecule has 0 spiro atoms. The van der Waals surface area contributed by atoms with Gasteiger partial charge in [-0.2, -0.15) is 13.2 Å². The lowest BCUT2D eigenvalue weighted by Gasteiger charge is -2.39. The summed E-state index contributed by atoms with van der Waals surface area (Å²) >= 11 is 7.60. The minimum Gasteiger partial charge on any atom is -0.382 e. The van der Waals surface area contributed by atoms with Crippen molar-refractivity contribution in [1.29, 1.82) is 0 Å². The van der Waals surface area contributed by atoms with Crippen molar-refractivity contribution in [2.45, 2.75) is 84.7 Å². The van der Waals surface area contributed by atoms with Gasteiger partial charge < -0.3 is 34.6 Å². The van der Waals surface area contributed by atoms with Crippen molar-refractivity contribution >= 4 is 101 Å². The van der Waals surface area contributed by atoms with E-state index in [-0.39, 0.29) is 92.8 Å². The predicted molar refractivity (Wildman–Crippen MR) is 362 cm³/mol.